The van der Waals surface area contributed by atoms with E-state index in [-0.39, 0.29) is 17.4 Å². The molecule has 0 saturated carbocycles. The van der Waals surface area contributed by atoms with E-state index in [1.807, 2.05) is 37.4 Å². The molecule has 2 aromatic carbocycles. The zero-order valence-electron chi connectivity index (χ0n) is 17.9. The zero-order valence-corrected chi connectivity index (χ0v) is 19.5. The van der Waals surface area contributed by atoms with Gasteiger partial charge in [-0.3, -0.25) is 4.79 Å². The van der Waals surface area contributed by atoms with Gasteiger partial charge < -0.3 is 16.0 Å². The Balaban J connectivity index is 1.73. The minimum atomic E-state index is -0.327. The van der Waals surface area contributed by atoms with Gasteiger partial charge in [0.2, 0.25) is 5.95 Å². The van der Waals surface area contributed by atoms with Gasteiger partial charge in [-0.2, -0.15) is 4.98 Å². The molecule has 0 aliphatic carbocycles. The van der Waals surface area contributed by atoms with Crippen LogP contribution in [0.2, 0.25) is 0 Å². The third-order valence-electron chi connectivity index (χ3n) is 4.94. The Labute approximate surface area is 199 Å². The lowest BCUT2D eigenvalue weighted by molar-refractivity contribution is 0.0949. The molecule has 0 saturated heterocycles. The Morgan fingerprint density at radius 2 is 1.82 bits per heavy atom. The smallest absolute Gasteiger partial charge is 0.270 e. The molecular weight excluding hydrogens is 487 g/mol. The van der Waals surface area contributed by atoms with Crippen molar-refractivity contribution < 1.29 is 9.18 Å². The van der Waals surface area contributed by atoms with Gasteiger partial charge in [0.15, 0.2) is 5.65 Å². The molecule has 9 heteroatoms. The van der Waals surface area contributed by atoms with Crippen molar-refractivity contribution in [3.63, 3.8) is 0 Å². The molecule has 168 valence electrons. The summed E-state index contributed by atoms with van der Waals surface area (Å²) in [5, 5.41) is 9.72. The molecule has 4 aromatic rings. The van der Waals surface area contributed by atoms with Crippen molar-refractivity contribution in [1.82, 2.24) is 25.6 Å². The molecule has 0 aliphatic rings. The highest BCUT2D eigenvalue weighted by atomic mass is 79.9. The summed E-state index contributed by atoms with van der Waals surface area (Å²) in [4.78, 5) is 26.5. The fraction of sp³-hybridized carbons (Fsp3) is 0.167. The number of carbonyl (C=O) groups excluding carboxylic acids is 1. The summed E-state index contributed by atoms with van der Waals surface area (Å²) in [7, 11) is 1.87. The van der Waals surface area contributed by atoms with Crippen molar-refractivity contribution in [2.75, 3.05) is 25.5 Å². The summed E-state index contributed by atoms with van der Waals surface area (Å²) < 4.78 is 14.0. The average molecular weight is 509 g/mol. The number of benzene rings is 2. The maximum atomic E-state index is 13.2. The minimum Gasteiger partial charge on any atom is -0.351 e. The fourth-order valence-electron chi connectivity index (χ4n) is 3.29. The number of amides is 1. The van der Waals surface area contributed by atoms with Crippen LogP contribution in [0, 0.1) is 5.82 Å². The normalized spacial score (nSPS) is 10.9. The number of nitrogens with zero attached hydrogens (tertiary/aromatic N) is 3. The molecule has 2 heterocycles. The SMILES string of the molecule is CNCCCNC(=O)c1nc2nc(Nc3ccc(F)cc3)ncc2cc1-c1ccccc1Br. The van der Waals surface area contributed by atoms with Crippen molar-refractivity contribution in [1.29, 1.82) is 0 Å². The van der Waals surface area contributed by atoms with Crippen LogP contribution < -0.4 is 16.0 Å². The number of aromatic nitrogens is 3. The van der Waals surface area contributed by atoms with E-state index in [0.717, 1.165) is 23.0 Å². The Hall–Kier alpha value is -3.43. The average Bonchev–Trinajstić information content (AvgIpc) is 2.83. The number of rotatable bonds is 8. The second kappa shape index (κ2) is 10.5. The van der Waals surface area contributed by atoms with Crippen molar-refractivity contribution in [3.05, 3.63) is 76.8 Å². The van der Waals surface area contributed by atoms with Crippen molar-refractivity contribution in [2.24, 2.45) is 0 Å². The van der Waals surface area contributed by atoms with Gasteiger partial charge in [-0.25, -0.2) is 14.4 Å². The number of hydrogen-bond donors (Lipinski definition) is 3. The van der Waals surface area contributed by atoms with Gasteiger partial charge in [-0.05, 0) is 62.0 Å². The first kappa shape index (κ1) is 22.8. The van der Waals surface area contributed by atoms with E-state index in [0.29, 0.717) is 34.8 Å². The number of pyridine rings is 1. The van der Waals surface area contributed by atoms with Crippen LogP contribution in [0.1, 0.15) is 16.9 Å². The third kappa shape index (κ3) is 5.50. The first-order chi connectivity index (χ1) is 16.0. The van der Waals surface area contributed by atoms with E-state index < -0.39 is 0 Å². The van der Waals surface area contributed by atoms with Gasteiger partial charge in [0.05, 0.1) is 0 Å². The van der Waals surface area contributed by atoms with Gasteiger partial charge in [0.1, 0.15) is 11.5 Å². The Bertz CT molecular complexity index is 1280. The summed E-state index contributed by atoms with van der Waals surface area (Å²) in [5.41, 5.74) is 2.84. The summed E-state index contributed by atoms with van der Waals surface area (Å²) in [6.45, 7) is 1.32. The quantitative estimate of drug-likeness (QED) is 0.299. The maximum absolute atomic E-state index is 13.2. The molecular formula is C24H22BrFN6O. The number of fused-ring (bicyclic) bond motifs is 1. The molecule has 0 atom stereocenters. The molecule has 0 radical (unpaired) electrons. The molecule has 7 nitrogen and oxygen atoms in total. The van der Waals surface area contributed by atoms with Crippen LogP contribution in [0.5, 0.6) is 0 Å². The van der Waals surface area contributed by atoms with Crippen molar-refractivity contribution >= 4 is 44.5 Å². The van der Waals surface area contributed by atoms with Crippen LogP contribution in [-0.2, 0) is 0 Å². The van der Waals surface area contributed by atoms with E-state index in [2.05, 4.69) is 46.8 Å². The van der Waals surface area contributed by atoms with Crippen LogP contribution in [0.3, 0.4) is 0 Å². The second-order valence-corrected chi connectivity index (χ2v) is 8.17. The van der Waals surface area contributed by atoms with Crippen LogP contribution in [0.15, 0.2) is 65.3 Å². The number of hydrogen-bond acceptors (Lipinski definition) is 6. The lowest BCUT2D eigenvalue weighted by atomic mass is 10.0. The van der Waals surface area contributed by atoms with Gasteiger partial charge in [-0.1, -0.05) is 34.1 Å². The van der Waals surface area contributed by atoms with Gasteiger partial charge in [0, 0.05) is 33.9 Å². The van der Waals surface area contributed by atoms with E-state index in [1.165, 1.54) is 12.1 Å². The van der Waals surface area contributed by atoms with Crippen LogP contribution in [0.4, 0.5) is 16.0 Å². The number of halogens is 2. The molecule has 0 spiro atoms. The van der Waals surface area contributed by atoms with Crippen LogP contribution in [-0.4, -0.2) is 41.0 Å². The van der Waals surface area contributed by atoms with E-state index in [1.54, 1.807) is 18.3 Å². The first-order valence-corrected chi connectivity index (χ1v) is 11.2. The second-order valence-electron chi connectivity index (χ2n) is 7.32. The molecule has 33 heavy (non-hydrogen) atoms. The molecule has 4 rings (SSSR count). The first-order valence-electron chi connectivity index (χ1n) is 10.4. The molecule has 0 unspecified atom stereocenters. The molecule has 2 aromatic heterocycles. The molecule has 0 aliphatic heterocycles. The largest absolute Gasteiger partial charge is 0.351 e. The number of carbonyl (C=O) groups is 1. The number of nitrogens with one attached hydrogen (secondary N) is 3. The van der Waals surface area contributed by atoms with Crippen LogP contribution >= 0.6 is 15.9 Å². The Morgan fingerprint density at radius 3 is 2.58 bits per heavy atom. The van der Waals surface area contributed by atoms with E-state index in [4.69, 9.17) is 0 Å². The third-order valence-corrected chi connectivity index (χ3v) is 5.63. The Kier molecular flexibility index (Phi) is 7.21. The fourth-order valence-corrected chi connectivity index (χ4v) is 3.79. The zero-order chi connectivity index (χ0) is 23.2. The predicted octanol–water partition coefficient (Wildman–Crippen LogP) is 4.68. The van der Waals surface area contributed by atoms with Gasteiger partial charge in [-0.15, -0.1) is 0 Å². The molecule has 0 bridgehead atoms. The summed E-state index contributed by atoms with van der Waals surface area (Å²) >= 11 is 3.57. The highest BCUT2D eigenvalue weighted by Crippen LogP contribution is 2.32. The number of anilines is 2. The maximum Gasteiger partial charge on any atom is 0.270 e. The van der Waals surface area contributed by atoms with Crippen molar-refractivity contribution in [2.45, 2.75) is 6.42 Å². The lowest BCUT2D eigenvalue weighted by Gasteiger charge is -2.13. The summed E-state index contributed by atoms with van der Waals surface area (Å²) in [5.74, 6) is -0.298. The van der Waals surface area contributed by atoms with Gasteiger partial charge in [0.25, 0.3) is 5.91 Å². The Morgan fingerprint density at radius 1 is 1.03 bits per heavy atom. The minimum absolute atomic E-state index is 0.273. The van der Waals surface area contributed by atoms with Crippen LogP contribution in [0.25, 0.3) is 22.2 Å². The highest BCUT2D eigenvalue weighted by molar-refractivity contribution is 9.10. The lowest BCUT2D eigenvalue weighted by Crippen LogP contribution is -2.28. The standard InChI is InChI=1S/C24H22BrFN6O/c1-27-11-4-12-28-23(33)21-19(18-5-2-3-6-20(18)25)13-15-14-29-24(32-22(15)31-21)30-17-9-7-16(26)8-10-17/h2-3,5-10,13-14,27H,4,11-12H2,1H3,(H,28,33)(H,29,30,31,32). The molecule has 0 fully saturated rings. The molecule has 1 amide bonds. The topological polar surface area (TPSA) is 91.8 Å². The van der Waals surface area contributed by atoms with E-state index in [9.17, 15) is 9.18 Å². The summed E-state index contributed by atoms with van der Waals surface area (Å²) in [6, 6.07) is 15.4. The molecule has 3 N–H and O–H groups in total. The monoisotopic (exact) mass is 508 g/mol. The summed E-state index contributed by atoms with van der Waals surface area (Å²) in [6.07, 6.45) is 2.45. The van der Waals surface area contributed by atoms with Crippen molar-refractivity contribution in [3.8, 4) is 11.1 Å². The predicted molar refractivity (Wildman–Crippen MR) is 131 cm³/mol. The van der Waals surface area contributed by atoms with E-state index >= 15 is 0 Å². The van der Waals surface area contributed by atoms with Gasteiger partial charge >= 0.3 is 0 Å². The highest BCUT2D eigenvalue weighted by Gasteiger charge is 2.18.